The summed E-state index contributed by atoms with van der Waals surface area (Å²) in [5, 5.41) is 0. The Morgan fingerprint density at radius 2 is 1.58 bits per heavy atom. The molecule has 31 heavy (non-hydrogen) atoms. The summed E-state index contributed by atoms with van der Waals surface area (Å²) in [5.74, 6) is 0.106. The van der Waals surface area contributed by atoms with Gasteiger partial charge in [-0.3, -0.25) is 9.59 Å². The lowest BCUT2D eigenvalue weighted by Crippen LogP contribution is -2.35. The second kappa shape index (κ2) is 9.80. The Kier molecular flexibility index (Phi) is 6.92. The molecule has 2 aromatic carbocycles. The van der Waals surface area contributed by atoms with Crippen LogP contribution in [-0.2, 0) is 16.1 Å². The molecule has 1 amide bonds. The van der Waals surface area contributed by atoms with Gasteiger partial charge in [-0.2, -0.15) is 0 Å². The summed E-state index contributed by atoms with van der Waals surface area (Å²) >= 11 is 0. The van der Waals surface area contributed by atoms with Crippen molar-refractivity contribution in [3.8, 4) is 22.8 Å². The van der Waals surface area contributed by atoms with Crippen LogP contribution in [-0.4, -0.2) is 44.7 Å². The maximum absolute atomic E-state index is 13.2. The standard InChI is InChI=1S/C23H22FNO6/c1-28-18-10-15(11-19(12-18)29-2)13-25(14-22(26)30-3)23(27)21-9-8-20(31-21)16-4-6-17(24)7-5-16/h4-12H,13-14H2,1-3H3. The number of nitrogens with zero attached hydrogens (tertiary/aromatic N) is 1. The minimum Gasteiger partial charge on any atom is -0.497 e. The molecule has 0 N–H and O–H groups in total. The third kappa shape index (κ3) is 5.42. The van der Waals surface area contributed by atoms with Gasteiger partial charge in [-0.25, -0.2) is 4.39 Å². The molecule has 0 unspecified atom stereocenters. The van der Waals surface area contributed by atoms with Gasteiger partial charge in [0, 0.05) is 18.2 Å². The molecule has 1 aromatic heterocycles. The van der Waals surface area contributed by atoms with E-state index in [1.54, 1.807) is 36.4 Å². The molecular weight excluding hydrogens is 405 g/mol. The number of hydrogen-bond donors (Lipinski definition) is 0. The van der Waals surface area contributed by atoms with Gasteiger partial charge < -0.3 is 23.5 Å². The Morgan fingerprint density at radius 3 is 2.16 bits per heavy atom. The van der Waals surface area contributed by atoms with Crippen LogP contribution in [0.4, 0.5) is 4.39 Å². The summed E-state index contributed by atoms with van der Waals surface area (Å²) in [5.41, 5.74) is 1.32. The van der Waals surface area contributed by atoms with Crippen molar-refractivity contribution in [1.29, 1.82) is 0 Å². The van der Waals surface area contributed by atoms with E-state index in [0.29, 0.717) is 28.4 Å². The van der Waals surface area contributed by atoms with Crippen LogP contribution in [0.15, 0.2) is 59.0 Å². The van der Waals surface area contributed by atoms with Crippen LogP contribution < -0.4 is 9.47 Å². The van der Waals surface area contributed by atoms with E-state index < -0.39 is 11.9 Å². The summed E-state index contributed by atoms with van der Waals surface area (Å²) in [6.07, 6.45) is 0. The Bertz CT molecular complexity index is 1040. The number of halogens is 1. The number of methoxy groups -OCH3 is 3. The van der Waals surface area contributed by atoms with Gasteiger partial charge in [0.1, 0.15) is 29.6 Å². The Labute approximate surface area is 178 Å². The lowest BCUT2D eigenvalue weighted by molar-refractivity contribution is -0.141. The quantitative estimate of drug-likeness (QED) is 0.507. The molecule has 0 atom stereocenters. The predicted octanol–water partition coefficient (Wildman–Crippen LogP) is 3.92. The van der Waals surface area contributed by atoms with Crippen molar-refractivity contribution < 1.29 is 32.6 Å². The average Bonchev–Trinajstić information content (AvgIpc) is 3.28. The zero-order valence-corrected chi connectivity index (χ0v) is 17.4. The second-order valence-corrected chi connectivity index (χ2v) is 6.63. The molecule has 162 valence electrons. The van der Waals surface area contributed by atoms with Crippen LogP contribution in [0.1, 0.15) is 16.1 Å². The molecule has 0 radical (unpaired) electrons. The molecule has 0 saturated carbocycles. The van der Waals surface area contributed by atoms with E-state index in [4.69, 9.17) is 18.6 Å². The van der Waals surface area contributed by atoms with Gasteiger partial charge in [-0.1, -0.05) is 0 Å². The molecule has 3 aromatic rings. The van der Waals surface area contributed by atoms with Crippen LogP contribution in [0.5, 0.6) is 11.5 Å². The third-order valence-corrected chi connectivity index (χ3v) is 4.57. The minimum atomic E-state index is -0.575. The topological polar surface area (TPSA) is 78.2 Å². The second-order valence-electron chi connectivity index (χ2n) is 6.63. The first-order chi connectivity index (χ1) is 14.9. The SMILES string of the molecule is COC(=O)CN(Cc1cc(OC)cc(OC)c1)C(=O)c1ccc(-c2ccc(F)cc2)o1. The van der Waals surface area contributed by atoms with E-state index in [0.717, 1.165) is 0 Å². The van der Waals surface area contributed by atoms with Crippen molar-refractivity contribution in [2.24, 2.45) is 0 Å². The number of amides is 1. The summed E-state index contributed by atoms with van der Waals surface area (Å²) in [6.45, 7) is -0.185. The third-order valence-electron chi connectivity index (χ3n) is 4.57. The number of ether oxygens (including phenoxy) is 3. The number of carbonyl (C=O) groups excluding carboxylic acids is 2. The molecule has 0 aliphatic carbocycles. The lowest BCUT2D eigenvalue weighted by atomic mass is 10.1. The maximum atomic E-state index is 13.2. The molecule has 0 aliphatic rings. The first kappa shape index (κ1) is 21.9. The Morgan fingerprint density at radius 1 is 0.935 bits per heavy atom. The van der Waals surface area contributed by atoms with Crippen molar-refractivity contribution in [3.05, 3.63) is 71.7 Å². The molecule has 7 nitrogen and oxygen atoms in total. The van der Waals surface area contributed by atoms with Crippen LogP contribution in [0.25, 0.3) is 11.3 Å². The molecule has 0 saturated heterocycles. The number of hydrogen-bond acceptors (Lipinski definition) is 6. The number of benzene rings is 2. The fourth-order valence-electron chi connectivity index (χ4n) is 2.98. The largest absolute Gasteiger partial charge is 0.497 e. The van der Waals surface area contributed by atoms with Crippen LogP contribution in [0, 0.1) is 5.82 Å². The smallest absolute Gasteiger partial charge is 0.325 e. The Balaban J connectivity index is 1.87. The minimum absolute atomic E-state index is 0.0399. The maximum Gasteiger partial charge on any atom is 0.325 e. The van der Waals surface area contributed by atoms with Crippen molar-refractivity contribution in [2.45, 2.75) is 6.54 Å². The van der Waals surface area contributed by atoms with Crippen molar-refractivity contribution in [3.63, 3.8) is 0 Å². The van der Waals surface area contributed by atoms with E-state index in [-0.39, 0.29) is 24.7 Å². The van der Waals surface area contributed by atoms with Gasteiger partial charge in [0.2, 0.25) is 0 Å². The molecule has 0 bridgehead atoms. The molecule has 0 aliphatic heterocycles. The molecule has 0 fully saturated rings. The monoisotopic (exact) mass is 427 g/mol. The van der Waals surface area contributed by atoms with Gasteiger partial charge >= 0.3 is 5.97 Å². The van der Waals surface area contributed by atoms with Gasteiger partial charge in [0.05, 0.1) is 21.3 Å². The Hall–Kier alpha value is -3.81. The van der Waals surface area contributed by atoms with Gasteiger partial charge in [-0.15, -0.1) is 0 Å². The molecule has 3 rings (SSSR count). The lowest BCUT2D eigenvalue weighted by Gasteiger charge is -2.21. The fraction of sp³-hybridized carbons (Fsp3) is 0.217. The highest BCUT2D eigenvalue weighted by atomic mass is 19.1. The van der Waals surface area contributed by atoms with Gasteiger partial charge in [-0.05, 0) is 54.1 Å². The highest BCUT2D eigenvalue weighted by Gasteiger charge is 2.23. The van der Waals surface area contributed by atoms with Crippen molar-refractivity contribution >= 4 is 11.9 Å². The first-order valence-corrected chi connectivity index (χ1v) is 9.37. The normalized spacial score (nSPS) is 10.5. The van der Waals surface area contributed by atoms with E-state index in [2.05, 4.69) is 0 Å². The van der Waals surface area contributed by atoms with Crippen LogP contribution >= 0.6 is 0 Å². The van der Waals surface area contributed by atoms with E-state index in [9.17, 15) is 14.0 Å². The summed E-state index contributed by atoms with van der Waals surface area (Å²) < 4.78 is 34.1. The zero-order chi connectivity index (χ0) is 22.4. The predicted molar refractivity (Wildman–Crippen MR) is 110 cm³/mol. The zero-order valence-electron chi connectivity index (χ0n) is 17.4. The highest BCUT2D eigenvalue weighted by Crippen LogP contribution is 2.26. The molecule has 8 heteroatoms. The molecule has 1 heterocycles. The van der Waals surface area contributed by atoms with Gasteiger partial charge in [0.25, 0.3) is 5.91 Å². The summed E-state index contributed by atoms with van der Waals surface area (Å²) in [6, 6.07) is 14.0. The van der Waals surface area contributed by atoms with Crippen LogP contribution in [0.2, 0.25) is 0 Å². The first-order valence-electron chi connectivity index (χ1n) is 9.37. The summed E-state index contributed by atoms with van der Waals surface area (Å²) in [4.78, 5) is 26.3. The highest BCUT2D eigenvalue weighted by molar-refractivity contribution is 5.94. The fourth-order valence-corrected chi connectivity index (χ4v) is 2.98. The number of rotatable bonds is 8. The number of esters is 1. The van der Waals surface area contributed by atoms with Crippen LogP contribution in [0.3, 0.4) is 0 Å². The van der Waals surface area contributed by atoms with Crippen molar-refractivity contribution in [1.82, 2.24) is 4.90 Å². The molecule has 0 spiro atoms. The number of carbonyl (C=O) groups is 2. The van der Waals surface area contributed by atoms with E-state index >= 15 is 0 Å². The summed E-state index contributed by atoms with van der Waals surface area (Å²) in [7, 11) is 4.30. The van der Waals surface area contributed by atoms with E-state index in [1.807, 2.05) is 0 Å². The number of furan rings is 1. The molecular formula is C23H22FNO6. The van der Waals surface area contributed by atoms with Gasteiger partial charge in [0.15, 0.2) is 5.76 Å². The van der Waals surface area contributed by atoms with E-state index in [1.165, 1.54) is 44.4 Å². The van der Waals surface area contributed by atoms with Crippen molar-refractivity contribution in [2.75, 3.05) is 27.9 Å². The average molecular weight is 427 g/mol.